The molecular formula is C22H29N5O8. The lowest BCUT2D eigenvalue weighted by atomic mass is 10.2. The Balaban J connectivity index is 2.41. The van der Waals surface area contributed by atoms with E-state index >= 15 is 0 Å². The highest BCUT2D eigenvalue weighted by molar-refractivity contribution is 5.96. The van der Waals surface area contributed by atoms with Gasteiger partial charge in [0.05, 0.1) is 17.6 Å². The molecule has 1 aromatic heterocycles. The van der Waals surface area contributed by atoms with Gasteiger partial charge in [0.15, 0.2) is 18.0 Å². The number of ether oxygens (including phenoxy) is 2. The van der Waals surface area contributed by atoms with E-state index in [4.69, 9.17) is 10.5 Å². The van der Waals surface area contributed by atoms with Crippen LogP contribution < -0.4 is 26.6 Å². The summed E-state index contributed by atoms with van der Waals surface area (Å²) in [5, 5.41) is 11.5. The van der Waals surface area contributed by atoms with Crippen LogP contribution >= 0.6 is 0 Å². The second-order valence-corrected chi connectivity index (χ2v) is 8.12. The maximum Gasteiger partial charge on any atom is 0.338 e. The molecule has 190 valence electrons. The van der Waals surface area contributed by atoms with Crippen molar-refractivity contribution in [3.05, 3.63) is 54.7 Å². The number of H-pyrrole nitrogens is 1. The molecule has 35 heavy (non-hydrogen) atoms. The van der Waals surface area contributed by atoms with Crippen molar-refractivity contribution >= 4 is 29.1 Å². The van der Waals surface area contributed by atoms with Gasteiger partial charge in [-0.25, -0.2) is 9.59 Å². The smallest absolute Gasteiger partial charge is 0.338 e. The summed E-state index contributed by atoms with van der Waals surface area (Å²) in [6, 6.07) is 3.42. The molecule has 13 nitrogen and oxygen atoms in total. The number of hydrogen-bond acceptors (Lipinski definition) is 9. The van der Waals surface area contributed by atoms with Crippen molar-refractivity contribution in [3.63, 3.8) is 0 Å². The van der Waals surface area contributed by atoms with Crippen molar-refractivity contribution in [1.29, 1.82) is 0 Å². The summed E-state index contributed by atoms with van der Waals surface area (Å²) in [6.07, 6.45) is 1.20. The maximum absolute atomic E-state index is 13.1. The summed E-state index contributed by atoms with van der Waals surface area (Å²) in [7, 11) is 1.14. The minimum absolute atomic E-state index is 0.0328. The number of nitrogens with one attached hydrogen (secondary N) is 1. The summed E-state index contributed by atoms with van der Waals surface area (Å²) in [5.74, 6) is -1.85. The molecule has 0 aliphatic rings. The molecule has 3 N–H and O–H groups in total. The molecule has 0 aliphatic carbocycles. The minimum Gasteiger partial charge on any atom is -0.477 e. The highest BCUT2D eigenvalue weighted by Gasteiger charge is 2.26. The van der Waals surface area contributed by atoms with Crippen LogP contribution in [0.3, 0.4) is 0 Å². The van der Waals surface area contributed by atoms with Crippen LogP contribution in [0.2, 0.25) is 0 Å². The third-order valence-corrected chi connectivity index (χ3v) is 5.00. The minimum atomic E-state index is -0.828. The van der Waals surface area contributed by atoms with Gasteiger partial charge in [-0.1, -0.05) is 27.2 Å². The Labute approximate surface area is 200 Å². The van der Waals surface area contributed by atoms with E-state index in [1.165, 1.54) is 16.7 Å². The van der Waals surface area contributed by atoms with Crippen LogP contribution in [0.25, 0.3) is 0 Å². The summed E-state index contributed by atoms with van der Waals surface area (Å²) in [6.45, 7) is 5.28. The van der Waals surface area contributed by atoms with Crippen LogP contribution in [0.1, 0.15) is 44.0 Å². The number of esters is 1. The predicted octanol–water partition coefficient (Wildman–Crippen LogP) is 1.68. The lowest BCUT2D eigenvalue weighted by Gasteiger charge is -2.25. The van der Waals surface area contributed by atoms with E-state index in [9.17, 15) is 29.3 Å². The largest absolute Gasteiger partial charge is 0.477 e. The molecule has 1 heterocycles. The van der Waals surface area contributed by atoms with Gasteiger partial charge < -0.3 is 20.1 Å². The number of nitrogens with zero attached hydrogens (tertiary/aromatic N) is 3. The molecule has 0 saturated carbocycles. The Morgan fingerprint density at radius 2 is 1.97 bits per heavy atom. The van der Waals surface area contributed by atoms with Crippen LogP contribution in [-0.2, 0) is 16.1 Å². The van der Waals surface area contributed by atoms with Gasteiger partial charge in [-0.3, -0.25) is 29.3 Å². The molecule has 0 fully saturated rings. The number of nitro benzene ring substituents is 1. The number of anilines is 2. The highest BCUT2D eigenvalue weighted by atomic mass is 16.6. The molecule has 2 aromatic rings. The van der Waals surface area contributed by atoms with Crippen molar-refractivity contribution in [3.8, 4) is 5.75 Å². The van der Waals surface area contributed by atoms with Gasteiger partial charge in [0, 0.05) is 19.2 Å². The molecule has 0 unspecified atom stereocenters. The fourth-order valence-electron chi connectivity index (χ4n) is 3.31. The van der Waals surface area contributed by atoms with Crippen molar-refractivity contribution in [1.82, 2.24) is 9.55 Å². The number of benzene rings is 1. The van der Waals surface area contributed by atoms with Crippen LogP contribution in [0.5, 0.6) is 5.75 Å². The summed E-state index contributed by atoms with van der Waals surface area (Å²) >= 11 is 0. The monoisotopic (exact) mass is 491 g/mol. The van der Waals surface area contributed by atoms with Gasteiger partial charge in [0.2, 0.25) is 0 Å². The zero-order valence-corrected chi connectivity index (χ0v) is 20.0. The Hall–Kier alpha value is -4.16. The normalized spacial score (nSPS) is 10.8. The Morgan fingerprint density at radius 1 is 1.29 bits per heavy atom. The Bertz CT molecular complexity index is 1220. The van der Waals surface area contributed by atoms with Gasteiger partial charge in [-0.15, -0.1) is 0 Å². The molecule has 13 heteroatoms. The van der Waals surface area contributed by atoms with Gasteiger partial charge in [0.1, 0.15) is 5.82 Å². The molecule has 0 radical (unpaired) electrons. The van der Waals surface area contributed by atoms with E-state index in [0.29, 0.717) is 12.8 Å². The van der Waals surface area contributed by atoms with E-state index in [1.54, 1.807) is 0 Å². The first kappa shape index (κ1) is 27.1. The highest BCUT2D eigenvalue weighted by Crippen LogP contribution is 2.28. The number of methoxy groups -OCH3 is 1. The van der Waals surface area contributed by atoms with Gasteiger partial charge in [-0.05, 0) is 24.5 Å². The number of carbonyl (C=O) groups excluding carboxylic acids is 2. The number of rotatable bonds is 11. The number of aromatic amines is 1. The Morgan fingerprint density at radius 3 is 2.54 bits per heavy atom. The molecular weight excluding hydrogens is 462 g/mol. The zero-order valence-electron chi connectivity index (χ0n) is 20.0. The first-order valence-electron chi connectivity index (χ1n) is 10.9. The number of carbonyl (C=O) groups is 2. The second kappa shape index (κ2) is 11.8. The molecule has 0 aliphatic heterocycles. The van der Waals surface area contributed by atoms with Crippen LogP contribution in [0.15, 0.2) is 27.8 Å². The SMILES string of the molecule is CCCCN(C(=O)COc1ccc(C(=O)OC)cc1[N+](=O)[O-])c1c(N)n(CC(C)C)c(=O)[nH]c1=O. The number of nitrogens with two attached hydrogens (primary N) is 1. The molecule has 0 spiro atoms. The standard InChI is InChI=1S/C22H29N5O8/c1-5-6-9-25(18-19(23)26(11-13(2)3)22(31)24-20(18)29)17(28)12-35-16-8-7-14(21(30)34-4)10-15(16)27(32)33/h7-8,10,13H,5-6,9,11-12,23H2,1-4H3,(H,24,29,31). The molecule has 0 saturated heterocycles. The molecule has 1 aromatic carbocycles. The molecule has 2 rings (SSSR count). The fraction of sp³-hybridized carbons (Fsp3) is 0.455. The average molecular weight is 492 g/mol. The van der Waals surface area contributed by atoms with E-state index in [0.717, 1.165) is 18.1 Å². The summed E-state index contributed by atoms with van der Waals surface area (Å²) < 4.78 is 11.1. The van der Waals surface area contributed by atoms with Crippen molar-refractivity contribution < 1.29 is 24.0 Å². The number of aromatic nitrogens is 2. The number of nitrogen functional groups attached to an aromatic ring is 1. The predicted molar refractivity (Wildman–Crippen MR) is 128 cm³/mol. The van der Waals surface area contributed by atoms with E-state index < -0.39 is 40.3 Å². The average Bonchev–Trinajstić information content (AvgIpc) is 2.81. The van der Waals surface area contributed by atoms with Crippen LogP contribution in [0.4, 0.5) is 17.2 Å². The first-order chi connectivity index (χ1) is 16.5. The Kier molecular flexibility index (Phi) is 9.14. The lowest BCUT2D eigenvalue weighted by molar-refractivity contribution is -0.385. The molecule has 0 bridgehead atoms. The topological polar surface area (TPSA) is 180 Å². The van der Waals surface area contributed by atoms with E-state index in [-0.39, 0.29) is 41.8 Å². The second-order valence-electron chi connectivity index (χ2n) is 8.12. The molecule has 0 atom stereocenters. The van der Waals surface area contributed by atoms with Gasteiger partial charge in [-0.2, -0.15) is 0 Å². The number of unbranched alkanes of at least 4 members (excludes halogenated alkanes) is 1. The first-order valence-corrected chi connectivity index (χ1v) is 10.9. The number of amides is 1. The quantitative estimate of drug-likeness (QED) is 0.268. The molecule has 1 amide bonds. The third-order valence-electron chi connectivity index (χ3n) is 5.00. The zero-order chi connectivity index (χ0) is 26.3. The van der Waals surface area contributed by atoms with E-state index in [1.807, 2.05) is 20.8 Å². The fourth-order valence-corrected chi connectivity index (χ4v) is 3.31. The maximum atomic E-state index is 13.1. The van der Waals surface area contributed by atoms with E-state index in [2.05, 4.69) is 9.72 Å². The van der Waals surface area contributed by atoms with Crippen molar-refractivity contribution in [2.75, 3.05) is 30.9 Å². The van der Waals surface area contributed by atoms with Gasteiger partial charge in [0.25, 0.3) is 11.5 Å². The number of hydrogen-bond donors (Lipinski definition) is 2. The third kappa shape index (κ3) is 6.46. The number of nitro groups is 1. The summed E-state index contributed by atoms with van der Waals surface area (Å²) in [5.41, 5.74) is 3.84. The van der Waals surface area contributed by atoms with Crippen molar-refractivity contribution in [2.24, 2.45) is 5.92 Å². The lowest BCUT2D eigenvalue weighted by Crippen LogP contribution is -2.43. The van der Waals surface area contributed by atoms with Crippen LogP contribution in [-0.4, -0.2) is 46.6 Å². The van der Waals surface area contributed by atoms with Crippen molar-refractivity contribution in [2.45, 2.75) is 40.2 Å². The van der Waals surface area contributed by atoms with Crippen LogP contribution in [0, 0.1) is 16.0 Å². The van der Waals surface area contributed by atoms with Gasteiger partial charge >= 0.3 is 17.3 Å². The summed E-state index contributed by atoms with van der Waals surface area (Å²) in [4.78, 5) is 63.7.